The van der Waals surface area contributed by atoms with Gasteiger partial charge in [0.25, 0.3) is 0 Å². The first-order valence-electron chi connectivity index (χ1n) is 4.89. The molecule has 1 nitrogen and oxygen atoms in total. The van der Waals surface area contributed by atoms with Gasteiger partial charge in [-0.2, -0.15) is 0 Å². The van der Waals surface area contributed by atoms with Crippen molar-refractivity contribution in [3.8, 4) is 0 Å². The highest BCUT2D eigenvalue weighted by atomic mass is 32.2. The van der Waals surface area contributed by atoms with Crippen molar-refractivity contribution in [1.82, 2.24) is 0 Å². The van der Waals surface area contributed by atoms with Gasteiger partial charge in [0.05, 0.1) is 0 Å². The van der Waals surface area contributed by atoms with E-state index in [1.54, 1.807) is 17.8 Å². The van der Waals surface area contributed by atoms with Gasteiger partial charge in [-0.3, -0.25) is 0 Å². The number of halogens is 1. The van der Waals surface area contributed by atoms with E-state index in [1.165, 1.54) is 6.07 Å². The SMILES string of the molecule is CCCSc1c(F)cccc1CCN. The molecule has 0 bridgehead atoms. The van der Waals surface area contributed by atoms with E-state index in [4.69, 9.17) is 5.73 Å². The zero-order chi connectivity index (χ0) is 10.4. The third-order valence-electron chi connectivity index (χ3n) is 1.91. The van der Waals surface area contributed by atoms with Crippen LogP contribution in [0.15, 0.2) is 23.1 Å². The Morgan fingerprint density at radius 3 is 2.86 bits per heavy atom. The number of hydrogen-bond acceptors (Lipinski definition) is 2. The topological polar surface area (TPSA) is 26.0 Å². The predicted molar refractivity (Wildman–Crippen MR) is 60.2 cm³/mol. The van der Waals surface area contributed by atoms with Crippen molar-refractivity contribution in [3.63, 3.8) is 0 Å². The van der Waals surface area contributed by atoms with Crippen molar-refractivity contribution in [2.24, 2.45) is 5.73 Å². The summed E-state index contributed by atoms with van der Waals surface area (Å²) in [6, 6.07) is 5.21. The third kappa shape index (κ3) is 3.00. The second-order valence-corrected chi connectivity index (χ2v) is 4.22. The summed E-state index contributed by atoms with van der Waals surface area (Å²) in [5, 5.41) is 0. The summed E-state index contributed by atoms with van der Waals surface area (Å²) in [5.74, 6) is 0.841. The lowest BCUT2D eigenvalue weighted by molar-refractivity contribution is 0.597. The highest BCUT2D eigenvalue weighted by Crippen LogP contribution is 2.26. The van der Waals surface area contributed by atoms with E-state index >= 15 is 0 Å². The molecule has 0 amide bonds. The van der Waals surface area contributed by atoms with Gasteiger partial charge in [-0.1, -0.05) is 19.1 Å². The van der Waals surface area contributed by atoms with Crippen LogP contribution >= 0.6 is 11.8 Å². The number of thioether (sulfide) groups is 1. The molecule has 0 radical (unpaired) electrons. The second kappa shape index (κ2) is 6.04. The Kier molecular flexibility index (Phi) is 4.98. The minimum atomic E-state index is -0.116. The first-order chi connectivity index (χ1) is 6.79. The zero-order valence-electron chi connectivity index (χ0n) is 8.42. The molecule has 1 aromatic carbocycles. The van der Waals surface area contributed by atoms with Crippen LogP contribution in [0.3, 0.4) is 0 Å². The first kappa shape index (κ1) is 11.5. The molecule has 14 heavy (non-hydrogen) atoms. The largest absolute Gasteiger partial charge is 0.330 e. The van der Waals surface area contributed by atoms with Gasteiger partial charge in [-0.15, -0.1) is 11.8 Å². The predicted octanol–water partition coefficient (Wildman–Crippen LogP) is 2.83. The molecule has 0 unspecified atom stereocenters. The molecule has 3 heteroatoms. The molecule has 0 spiro atoms. The summed E-state index contributed by atoms with van der Waals surface area (Å²) in [5.41, 5.74) is 6.51. The van der Waals surface area contributed by atoms with Gasteiger partial charge in [-0.05, 0) is 36.8 Å². The molecule has 0 atom stereocenters. The molecule has 0 fully saturated rings. The van der Waals surface area contributed by atoms with Crippen LogP contribution in [0.1, 0.15) is 18.9 Å². The minimum Gasteiger partial charge on any atom is -0.330 e. The van der Waals surface area contributed by atoms with E-state index in [0.29, 0.717) is 6.54 Å². The molecule has 0 aliphatic carbocycles. The second-order valence-electron chi connectivity index (χ2n) is 3.12. The summed E-state index contributed by atoms with van der Waals surface area (Å²) in [6.45, 7) is 2.67. The van der Waals surface area contributed by atoms with Crippen molar-refractivity contribution >= 4 is 11.8 Å². The summed E-state index contributed by atoms with van der Waals surface area (Å²) >= 11 is 1.58. The fourth-order valence-corrected chi connectivity index (χ4v) is 2.24. The zero-order valence-corrected chi connectivity index (χ0v) is 9.24. The van der Waals surface area contributed by atoms with Gasteiger partial charge >= 0.3 is 0 Å². The molecule has 78 valence electrons. The molecular formula is C11H16FNS. The van der Waals surface area contributed by atoms with Crippen molar-refractivity contribution in [2.75, 3.05) is 12.3 Å². The molecule has 0 saturated carbocycles. The molecule has 2 N–H and O–H groups in total. The Balaban J connectivity index is 2.84. The lowest BCUT2D eigenvalue weighted by atomic mass is 10.1. The van der Waals surface area contributed by atoms with E-state index in [2.05, 4.69) is 6.92 Å². The van der Waals surface area contributed by atoms with Crippen LogP contribution in [-0.4, -0.2) is 12.3 Å². The van der Waals surface area contributed by atoms with Crippen molar-refractivity contribution in [1.29, 1.82) is 0 Å². The van der Waals surface area contributed by atoms with Gasteiger partial charge in [0.15, 0.2) is 0 Å². The van der Waals surface area contributed by atoms with E-state index < -0.39 is 0 Å². The standard InChI is InChI=1S/C11H16FNS/c1-2-8-14-11-9(6-7-13)4-3-5-10(11)12/h3-5H,2,6-8,13H2,1H3. The molecule has 0 heterocycles. The molecule has 1 rings (SSSR count). The van der Waals surface area contributed by atoms with Gasteiger partial charge in [-0.25, -0.2) is 4.39 Å². The van der Waals surface area contributed by atoms with Crippen LogP contribution in [0.4, 0.5) is 4.39 Å². The number of rotatable bonds is 5. The third-order valence-corrected chi connectivity index (χ3v) is 3.27. The normalized spacial score (nSPS) is 10.5. The van der Waals surface area contributed by atoms with Gasteiger partial charge in [0, 0.05) is 4.90 Å². The van der Waals surface area contributed by atoms with Crippen molar-refractivity contribution < 1.29 is 4.39 Å². The summed E-state index contributed by atoms with van der Waals surface area (Å²) in [4.78, 5) is 0.778. The Morgan fingerprint density at radius 1 is 1.43 bits per heavy atom. The van der Waals surface area contributed by atoms with Crippen LogP contribution in [-0.2, 0) is 6.42 Å². The van der Waals surface area contributed by atoms with Crippen LogP contribution in [0, 0.1) is 5.82 Å². The van der Waals surface area contributed by atoms with Crippen molar-refractivity contribution in [2.45, 2.75) is 24.7 Å². The molecule has 0 saturated heterocycles. The van der Waals surface area contributed by atoms with Gasteiger partial charge in [0.2, 0.25) is 0 Å². The van der Waals surface area contributed by atoms with Crippen LogP contribution in [0.5, 0.6) is 0 Å². The van der Waals surface area contributed by atoms with Crippen molar-refractivity contribution in [3.05, 3.63) is 29.6 Å². The smallest absolute Gasteiger partial charge is 0.137 e. The monoisotopic (exact) mass is 213 g/mol. The summed E-state index contributed by atoms with van der Waals surface area (Å²) in [7, 11) is 0. The average molecular weight is 213 g/mol. The lowest BCUT2D eigenvalue weighted by Crippen LogP contribution is -2.04. The Labute approximate surface area is 88.9 Å². The lowest BCUT2D eigenvalue weighted by Gasteiger charge is -2.08. The molecule has 0 aromatic heterocycles. The minimum absolute atomic E-state index is 0.116. The highest BCUT2D eigenvalue weighted by Gasteiger charge is 2.07. The van der Waals surface area contributed by atoms with Crippen LogP contribution < -0.4 is 5.73 Å². The highest BCUT2D eigenvalue weighted by molar-refractivity contribution is 7.99. The number of nitrogens with two attached hydrogens (primary N) is 1. The molecular weight excluding hydrogens is 197 g/mol. The maximum atomic E-state index is 13.4. The van der Waals surface area contributed by atoms with E-state index in [9.17, 15) is 4.39 Å². The molecule has 0 aliphatic rings. The first-order valence-corrected chi connectivity index (χ1v) is 5.88. The maximum absolute atomic E-state index is 13.4. The quantitative estimate of drug-likeness (QED) is 0.761. The van der Waals surface area contributed by atoms with E-state index in [0.717, 1.165) is 29.1 Å². The number of hydrogen-bond donors (Lipinski definition) is 1. The molecule has 1 aromatic rings. The van der Waals surface area contributed by atoms with Crippen LogP contribution in [0.2, 0.25) is 0 Å². The Hall–Kier alpha value is -0.540. The Bertz CT molecular complexity index is 289. The van der Waals surface area contributed by atoms with E-state index in [-0.39, 0.29) is 5.82 Å². The number of benzene rings is 1. The summed E-state index contributed by atoms with van der Waals surface area (Å²) < 4.78 is 13.4. The van der Waals surface area contributed by atoms with Gasteiger partial charge < -0.3 is 5.73 Å². The Morgan fingerprint density at radius 2 is 2.21 bits per heavy atom. The van der Waals surface area contributed by atoms with E-state index in [1.807, 2.05) is 6.07 Å². The summed E-state index contributed by atoms with van der Waals surface area (Å²) in [6.07, 6.45) is 1.81. The fourth-order valence-electron chi connectivity index (χ4n) is 1.27. The average Bonchev–Trinajstić information content (AvgIpc) is 2.18. The van der Waals surface area contributed by atoms with Crippen LogP contribution in [0.25, 0.3) is 0 Å². The molecule has 0 aliphatic heterocycles. The maximum Gasteiger partial charge on any atom is 0.137 e. The van der Waals surface area contributed by atoms with Gasteiger partial charge in [0.1, 0.15) is 5.82 Å². The fraction of sp³-hybridized carbons (Fsp3) is 0.455.